The Bertz CT molecular complexity index is 437. The Kier molecular flexibility index (Phi) is 5.58. The topological polar surface area (TPSA) is 59.5 Å². The summed E-state index contributed by atoms with van der Waals surface area (Å²) in [5, 5.41) is 0.431. The molecule has 0 saturated carbocycles. The van der Waals surface area contributed by atoms with E-state index in [2.05, 4.69) is 4.98 Å². The average Bonchev–Trinajstić information content (AvgIpc) is 2.35. The summed E-state index contributed by atoms with van der Waals surface area (Å²) in [6.07, 6.45) is 1.45. The van der Waals surface area contributed by atoms with Crippen molar-refractivity contribution in [3.05, 3.63) is 29.0 Å². The van der Waals surface area contributed by atoms with Crippen LogP contribution in [0.5, 0.6) is 0 Å². The minimum atomic E-state index is -0.435. The van der Waals surface area contributed by atoms with E-state index in [4.69, 9.17) is 16.3 Å². The average molecular weight is 271 g/mol. The molecule has 0 radical (unpaired) electrons. The van der Waals surface area contributed by atoms with Crippen LogP contribution in [0, 0.1) is 0 Å². The molecule has 0 saturated heterocycles. The maximum Gasteiger partial charge on any atom is 0.325 e. The van der Waals surface area contributed by atoms with Crippen LogP contribution in [0.1, 0.15) is 24.3 Å². The van der Waals surface area contributed by atoms with Crippen LogP contribution in [0.25, 0.3) is 0 Å². The minimum absolute atomic E-state index is 0.0859. The lowest BCUT2D eigenvalue weighted by molar-refractivity contribution is -0.143. The Morgan fingerprint density at radius 3 is 2.72 bits per heavy atom. The Labute approximate surface area is 111 Å². The van der Waals surface area contributed by atoms with Gasteiger partial charge < -0.3 is 9.64 Å². The molecule has 18 heavy (non-hydrogen) atoms. The predicted octanol–water partition coefficient (Wildman–Crippen LogP) is 1.76. The molecule has 1 amide bonds. The number of likely N-dealkylation sites (N-methyl/N-ethyl adjacent to an activating group) is 1. The third-order valence-electron chi connectivity index (χ3n) is 2.24. The van der Waals surface area contributed by atoms with Crippen LogP contribution in [-0.4, -0.2) is 41.5 Å². The molecule has 0 spiro atoms. The molecule has 6 heteroatoms. The molecule has 1 rings (SSSR count). The van der Waals surface area contributed by atoms with Crippen LogP contribution in [0.4, 0.5) is 0 Å². The molecular weight excluding hydrogens is 256 g/mol. The van der Waals surface area contributed by atoms with Gasteiger partial charge in [-0.25, -0.2) is 0 Å². The van der Waals surface area contributed by atoms with Crippen molar-refractivity contribution in [1.29, 1.82) is 0 Å². The Morgan fingerprint density at radius 2 is 2.17 bits per heavy atom. The smallest absolute Gasteiger partial charge is 0.325 e. The van der Waals surface area contributed by atoms with Crippen LogP contribution in [-0.2, 0) is 9.53 Å². The third kappa shape index (κ3) is 4.00. The summed E-state index contributed by atoms with van der Waals surface area (Å²) < 4.78 is 4.80. The summed E-state index contributed by atoms with van der Waals surface area (Å²) in [5.74, 6) is -0.775. The molecule has 0 N–H and O–H groups in total. The molecule has 0 aromatic carbocycles. The van der Waals surface area contributed by atoms with Crippen molar-refractivity contribution in [3.63, 3.8) is 0 Å². The van der Waals surface area contributed by atoms with Gasteiger partial charge in [0.1, 0.15) is 12.2 Å². The lowest BCUT2D eigenvalue weighted by Crippen LogP contribution is -2.36. The summed E-state index contributed by atoms with van der Waals surface area (Å²) >= 11 is 5.79. The first-order valence-corrected chi connectivity index (χ1v) is 6.02. The van der Waals surface area contributed by atoms with Gasteiger partial charge in [-0.2, -0.15) is 0 Å². The summed E-state index contributed by atoms with van der Waals surface area (Å²) in [6.45, 7) is 4.10. The molecule has 1 aromatic heterocycles. The molecule has 0 atom stereocenters. The zero-order valence-corrected chi connectivity index (χ0v) is 11.1. The summed E-state index contributed by atoms with van der Waals surface area (Å²) in [7, 11) is 0. The highest BCUT2D eigenvalue weighted by Gasteiger charge is 2.19. The number of ether oxygens (including phenoxy) is 1. The van der Waals surface area contributed by atoms with E-state index in [0.717, 1.165) is 0 Å². The van der Waals surface area contributed by atoms with Crippen LogP contribution >= 0.6 is 11.6 Å². The van der Waals surface area contributed by atoms with Crippen molar-refractivity contribution in [1.82, 2.24) is 9.88 Å². The first-order valence-electron chi connectivity index (χ1n) is 5.65. The number of nitrogens with zero attached hydrogens (tertiary/aromatic N) is 2. The zero-order valence-electron chi connectivity index (χ0n) is 10.4. The van der Waals surface area contributed by atoms with Gasteiger partial charge >= 0.3 is 5.97 Å². The maximum absolute atomic E-state index is 12.1. The predicted molar refractivity (Wildman–Crippen MR) is 67.5 cm³/mol. The Morgan fingerprint density at radius 1 is 1.44 bits per heavy atom. The molecule has 0 unspecified atom stereocenters. The van der Waals surface area contributed by atoms with E-state index in [9.17, 15) is 9.59 Å². The van der Waals surface area contributed by atoms with Gasteiger partial charge in [-0.05, 0) is 26.0 Å². The molecule has 5 nitrogen and oxygen atoms in total. The van der Waals surface area contributed by atoms with Crippen molar-refractivity contribution in [2.45, 2.75) is 13.8 Å². The highest BCUT2D eigenvalue weighted by molar-refractivity contribution is 6.30. The number of aromatic nitrogens is 1. The van der Waals surface area contributed by atoms with Gasteiger partial charge in [-0.3, -0.25) is 14.6 Å². The van der Waals surface area contributed by atoms with Crippen molar-refractivity contribution >= 4 is 23.5 Å². The zero-order chi connectivity index (χ0) is 13.5. The van der Waals surface area contributed by atoms with Gasteiger partial charge in [0.2, 0.25) is 0 Å². The lowest BCUT2D eigenvalue weighted by Gasteiger charge is -2.19. The van der Waals surface area contributed by atoms with Crippen LogP contribution < -0.4 is 0 Å². The molecular formula is C12H15ClN2O3. The van der Waals surface area contributed by atoms with Gasteiger partial charge in [-0.1, -0.05) is 11.6 Å². The third-order valence-corrected chi connectivity index (χ3v) is 2.47. The normalized spacial score (nSPS) is 9.94. The van der Waals surface area contributed by atoms with E-state index in [-0.39, 0.29) is 18.1 Å². The fraction of sp³-hybridized carbons (Fsp3) is 0.417. The number of esters is 1. The highest BCUT2D eigenvalue weighted by atomic mass is 35.5. The molecule has 0 fully saturated rings. The van der Waals surface area contributed by atoms with Gasteiger partial charge in [0.25, 0.3) is 5.91 Å². The Balaban J connectivity index is 2.76. The maximum atomic E-state index is 12.1. The van der Waals surface area contributed by atoms with E-state index >= 15 is 0 Å². The van der Waals surface area contributed by atoms with E-state index in [0.29, 0.717) is 18.2 Å². The number of hydrogen-bond acceptors (Lipinski definition) is 4. The molecule has 0 aliphatic carbocycles. The number of pyridine rings is 1. The summed E-state index contributed by atoms with van der Waals surface area (Å²) in [5.41, 5.74) is 0.216. The number of carbonyl (C=O) groups is 2. The van der Waals surface area contributed by atoms with Crippen LogP contribution in [0.3, 0.4) is 0 Å². The van der Waals surface area contributed by atoms with Gasteiger partial charge in [0.05, 0.1) is 6.61 Å². The molecule has 0 bridgehead atoms. The molecule has 1 heterocycles. The van der Waals surface area contributed by atoms with Gasteiger partial charge in [0, 0.05) is 17.8 Å². The van der Waals surface area contributed by atoms with Crippen molar-refractivity contribution in [3.8, 4) is 0 Å². The fourth-order valence-corrected chi connectivity index (χ4v) is 1.53. The molecule has 1 aromatic rings. The largest absolute Gasteiger partial charge is 0.465 e. The number of amides is 1. The summed E-state index contributed by atoms with van der Waals surface area (Å²) in [6, 6.07) is 3.05. The molecule has 0 aliphatic heterocycles. The molecule has 98 valence electrons. The van der Waals surface area contributed by atoms with E-state index in [1.54, 1.807) is 19.9 Å². The van der Waals surface area contributed by atoms with E-state index in [1.165, 1.54) is 17.2 Å². The fourth-order valence-electron chi connectivity index (χ4n) is 1.37. The number of halogens is 1. The minimum Gasteiger partial charge on any atom is -0.465 e. The monoisotopic (exact) mass is 270 g/mol. The number of carbonyl (C=O) groups excluding carboxylic acids is 2. The second kappa shape index (κ2) is 6.96. The van der Waals surface area contributed by atoms with Crippen LogP contribution in [0.15, 0.2) is 18.3 Å². The van der Waals surface area contributed by atoms with E-state index < -0.39 is 5.97 Å². The first kappa shape index (κ1) is 14.4. The first-order chi connectivity index (χ1) is 8.58. The van der Waals surface area contributed by atoms with Crippen molar-refractivity contribution in [2.24, 2.45) is 0 Å². The number of hydrogen-bond donors (Lipinski definition) is 0. The lowest BCUT2D eigenvalue weighted by atomic mass is 10.3. The Hall–Kier alpha value is -1.62. The highest BCUT2D eigenvalue weighted by Crippen LogP contribution is 2.10. The van der Waals surface area contributed by atoms with Gasteiger partial charge in [-0.15, -0.1) is 0 Å². The van der Waals surface area contributed by atoms with Crippen molar-refractivity contribution < 1.29 is 14.3 Å². The van der Waals surface area contributed by atoms with Crippen molar-refractivity contribution in [2.75, 3.05) is 19.7 Å². The summed E-state index contributed by atoms with van der Waals surface area (Å²) in [4.78, 5) is 28.7. The molecule has 0 aliphatic rings. The number of rotatable bonds is 5. The second-order valence-electron chi connectivity index (χ2n) is 3.48. The van der Waals surface area contributed by atoms with Gasteiger partial charge in [0.15, 0.2) is 0 Å². The van der Waals surface area contributed by atoms with Crippen LogP contribution in [0.2, 0.25) is 5.02 Å². The second-order valence-corrected chi connectivity index (χ2v) is 3.92. The standard InChI is InChI=1S/C12H15ClN2O3/c1-3-15(8-11(16)18-4-2)12(17)10-7-9(13)5-6-14-10/h5-7H,3-4,8H2,1-2H3. The quantitative estimate of drug-likeness (QED) is 0.765. The van der Waals surface area contributed by atoms with E-state index in [1.807, 2.05) is 0 Å². The SMILES string of the molecule is CCOC(=O)CN(CC)C(=O)c1cc(Cl)ccn1.